The van der Waals surface area contributed by atoms with Gasteiger partial charge in [-0.15, -0.1) is 0 Å². The van der Waals surface area contributed by atoms with Crippen LogP contribution in [0.5, 0.6) is 11.5 Å². The number of hydrogen-bond donors (Lipinski definition) is 2. The molecule has 0 aliphatic carbocycles. The Balaban J connectivity index is 1.38. The fourth-order valence-electron chi connectivity index (χ4n) is 2.51. The Labute approximate surface area is 159 Å². The maximum atomic E-state index is 13.6. The van der Waals surface area contributed by atoms with E-state index in [1.165, 1.54) is 18.0 Å². The molecule has 0 atom stereocenters. The van der Waals surface area contributed by atoms with Crippen molar-refractivity contribution in [1.29, 1.82) is 0 Å². The molecule has 1 aliphatic heterocycles. The Morgan fingerprint density at radius 2 is 1.74 bits per heavy atom. The Kier molecular flexibility index (Phi) is 4.84. The summed E-state index contributed by atoms with van der Waals surface area (Å²) in [5, 5.41) is 2.83. The minimum Gasteiger partial charge on any atom is -0.454 e. The van der Waals surface area contributed by atoms with Crippen LogP contribution in [0.15, 0.2) is 71.6 Å². The van der Waals surface area contributed by atoms with Gasteiger partial charge in [0.2, 0.25) is 6.79 Å². The molecule has 0 radical (unpaired) electrons. The molecule has 27 heavy (non-hydrogen) atoms. The SMILES string of the molecule is O=C(Nc1ccc2c(c1)OCO2)c1ccc(SNc2ccccc2F)cc1. The zero-order valence-electron chi connectivity index (χ0n) is 14.1. The first-order valence-electron chi connectivity index (χ1n) is 8.17. The van der Waals surface area contributed by atoms with Crippen molar-refractivity contribution in [2.45, 2.75) is 4.90 Å². The highest BCUT2D eigenvalue weighted by Gasteiger charge is 2.14. The molecule has 7 heteroatoms. The fourth-order valence-corrected chi connectivity index (χ4v) is 3.18. The van der Waals surface area contributed by atoms with Gasteiger partial charge in [-0.2, -0.15) is 0 Å². The van der Waals surface area contributed by atoms with Crippen LogP contribution in [0, 0.1) is 5.82 Å². The van der Waals surface area contributed by atoms with Crippen molar-refractivity contribution in [2.75, 3.05) is 16.8 Å². The first-order valence-corrected chi connectivity index (χ1v) is 8.99. The number of hydrogen-bond acceptors (Lipinski definition) is 5. The van der Waals surface area contributed by atoms with Crippen LogP contribution >= 0.6 is 11.9 Å². The lowest BCUT2D eigenvalue weighted by Crippen LogP contribution is -2.11. The van der Waals surface area contributed by atoms with Gasteiger partial charge in [0.15, 0.2) is 11.5 Å². The van der Waals surface area contributed by atoms with Gasteiger partial charge in [0.05, 0.1) is 5.69 Å². The summed E-state index contributed by atoms with van der Waals surface area (Å²) in [4.78, 5) is 13.3. The Hall–Kier alpha value is -3.19. The summed E-state index contributed by atoms with van der Waals surface area (Å²) in [6.45, 7) is 0.187. The lowest BCUT2D eigenvalue weighted by atomic mass is 10.2. The molecule has 0 spiro atoms. The second kappa shape index (κ2) is 7.59. The summed E-state index contributed by atoms with van der Waals surface area (Å²) in [6, 6.07) is 18.7. The van der Waals surface area contributed by atoms with Crippen molar-refractivity contribution < 1.29 is 18.7 Å². The average molecular weight is 382 g/mol. The lowest BCUT2D eigenvalue weighted by molar-refractivity contribution is 0.102. The van der Waals surface area contributed by atoms with E-state index in [4.69, 9.17) is 9.47 Å². The van der Waals surface area contributed by atoms with E-state index in [-0.39, 0.29) is 18.5 Å². The number of para-hydroxylation sites is 1. The normalized spacial score (nSPS) is 11.9. The van der Waals surface area contributed by atoms with Gasteiger partial charge >= 0.3 is 0 Å². The first kappa shape index (κ1) is 17.2. The molecule has 0 unspecified atom stereocenters. The van der Waals surface area contributed by atoms with Crippen LogP contribution in [0.3, 0.4) is 0 Å². The Morgan fingerprint density at radius 3 is 2.56 bits per heavy atom. The van der Waals surface area contributed by atoms with Gasteiger partial charge < -0.3 is 19.5 Å². The molecule has 3 aromatic carbocycles. The number of amides is 1. The van der Waals surface area contributed by atoms with E-state index in [0.29, 0.717) is 28.4 Å². The molecule has 5 nitrogen and oxygen atoms in total. The van der Waals surface area contributed by atoms with Gasteiger partial charge in [-0.3, -0.25) is 4.79 Å². The number of fused-ring (bicyclic) bond motifs is 1. The van der Waals surface area contributed by atoms with Crippen molar-refractivity contribution >= 4 is 29.2 Å². The predicted molar refractivity (Wildman–Crippen MR) is 103 cm³/mol. The van der Waals surface area contributed by atoms with Crippen molar-refractivity contribution in [3.05, 3.63) is 78.1 Å². The van der Waals surface area contributed by atoms with E-state index in [9.17, 15) is 9.18 Å². The molecule has 4 rings (SSSR count). The van der Waals surface area contributed by atoms with Gasteiger partial charge in [0.25, 0.3) is 5.91 Å². The molecule has 0 fully saturated rings. The highest BCUT2D eigenvalue weighted by molar-refractivity contribution is 8.00. The average Bonchev–Trinajstić information content (AvgIpc) is 3.15. The number of halogens is 1. The zero-order valence-corrected chi connectivity index (χ0v) is 14.9. The molecule has 0 saturated carbocycles. The molecule has 1 heterocycles. The molecule has 0 aromatic heterocycles. The van der Waals surface area contributed by atoms with Gasteiger partial charge in [-0.05, 0) is 60.5 Å². The van der Waals surface area contributed by atoms with Gasteiger partial charge in [-0.1, -0.05) is 12.1 Å². The third-order valence-corrected chi connectivity index (χ3v) is 4.73. The molecule has 3 aromatic rings. The smallest absolute Gasteiger partial charge is 0.255 e. The number of benzene rings is 3. The number of ether oxygens (including phenoxy) is 2. The lowest BCUT2D eigenvalue weighted by Gasteiger charge is -2.08. The number of carbonyl (C=O) groups excluding carboxylic acids is 1. The minimum atomic E-state index is -0.315. The number of carbonyl (C=O) groups is 1. The Morgan fingerprint density at radius 1 is 0.963 bits per heavy atom. The van der Waals surface area contributed by atoms with E-state index < -0.39 is 0 Å². The molecule has 0 bridgehead atoms. The molecule has 136 valence electrons. The quantitative estimate of drug-likeness (QED) is 0.613. The fraction of sp³-hybridized carbons (Fsp3) is 0.0500. The minimum absolute atomic E-state index is 0.187. The second-order valence-corrected chi connectivity index (χ2v) is 6.61. The summed E-state index contributed by atoms with van der Waals surface area (Å²) in [5.41, 5.74) is 1.55. The first-order chi connectivity index (χ1) is 13.2. The maximum absolute atomic E-state index is 13.6. The van der Waals surface area contributed by atoms with Crippen molar-refractivity contribution in [2.24, 2.45) is 0 Å². The molecule has 2 N–H and O–H groups in total. The monoisotopic (exact) mass is 382 g/mol. The van der Waals surface area contributed by atoms with Crippen LogP contribution in [0.1, 0.15) is 10.4 Å². The summed E-state index contributed by atoms with van der Waals surface area (Å²) in [6.07, 6.45) is 0. The highest BCUT2D eigenvalue weighted by atomic mass is 32.2. The second-order valence-electron chi connectivity index (χ2n) is 5.73. The topological polar surface area (TPSA) is 59.6 Å². The van der Waals surface area contributed by atoms with E-state index in [1.807, 2.05) is 0 Å². The van der Waals surface area contributed by atoms with Crippen molar-refractivity contribution in [1.82, 2.24) is 0 Å². The van der Waals surface area contributed by atoms with Crippen LogP contribution < -0.4 is 19.5 Å². The van der Waals surface area contributed by atoms with E-state index in [1.54, 1.807) is 60.7 Å². The number of rotatable bonds is 5. The molecule has 0 saturated heterocycles. The number of anilines is 2. The standard InChI is InChI=1S/C20H15FN2O3S/c21-16-3-1-2-4-17(16)23-27-15-8-5-13(6-9-15)20(24)22-14-7-10-18-19(11-14)26-12-25-18/h1-11,23H,12H2,(H,22,24). The summed E-state index contributed by atoms with van der Waals surface area (Å²) in [7, 11) is 0. The summed E-state index contributed by atoms with van der Waals surface area (Å²) < 4.78 is 27.1. The Bertz CT molecular complexity index is 979. The molecular formula is C20H15FN2O3S. The molecular weight excluding hydrogens is 367 g/mol. The summed E-state index contributed by atoms with van der Waals surface area (Å²) >= 11 is 1.27. The van der Waals surface area contributed by atoms with Gasteiger partial charge in [0.1, 0.15) is 5.82 Å². The molecule has 1 amide bonds. The third kappa shape index (κ3) is 3.98. The van der Waals surface area contributed by atoms with Crippen LogP contribution in [0.2, 0.25) is 0 Å². The van der Waals surface area contributed by atoms with E-state index >= 15 is 0 Å². The predicted octanol–water partition coefficient (Wildman–Crippen LogP) is 4.93. The van der Waals surface area contributed by atoms with Crippen molar-refractivity contribution in [3.8, 4) is 11.5 Å². The van der Waals surface area contributed by atoms with Crippen LogP contribution in [-0.4, -0.2) is 12.7 Å². The highest BCUT2D eigenvalue weighted by Crippen LogP contribution is 2.34. The largest absolute Gasteiger partial charge is 0.454 e. The van der Waals surface area contributed by atoms with E-state index in [2.05, 4.69) is 10.0 Å². The van der Waals surface area contributed by atoms with Crippen LogP contribution in [-0.2, 0) is 0 Å². The maximum Gasteiger partial charge on any atom is 0.255 e. The van der Waals surface area contributed by atoms with Gasteiger partial charge in [0, 0.05) is 22.2 Å². The molecule has 1 aliphatic rings. The van der Waals surface area contributed by atoms with Crippen LogP contribution in [0.25, 0.3) is 0 Å². The zero-order chi connectivity index (χ0) is 18.6. The summed E-state index contributed by atoms with van der Waals surface area (Å²) in [5.74, 6) is 0.729. The number of nitrogens with one attached hydrogen (secondary N) is 2. The van der Waals surface area contributed by atoms with E-state index in [0.717, 1.165) is 4.90 Å². The van der Waals surface area contributed by atoms with Gasteiger partial charge in [-0.25, -0.2) is 4.39 Å². The third-order valence-electron chi connectivity index (χ3n) is 3.90. The van der Waals surface area contributed by atoms with Crippen molar-refractivity contribution in [3.63, 3.8) is 0 Å². The van der Waals surface area contributed by atoms with Crippen LogP contribution in [0.4, 0.5) is 15.8 Å².